The van der Waals surface area contributed by atoms with Crippen LogP contribution in [0.25, 0.3) is 0 Å². The Balaban J connectivity index is 2.54. The highest BCUT2D eigenvalue weighted by Crippen LogP contribution is 2.09. The predicted molar refractivity (Wildman–Crippen MR) is 58.7 cm³/mol. The molecule has 0 bridgehead atoms. The van der Waals surface area contributed by atoms with E-state index in [-0.39, 0.29) is 18.6 Å². The van der Waals surface area contributed by atoms with Crippen LogP contribution in [0, 0.1) is 0 Å². The number of carbonyl (C=O) groups is 1. The number of carbonyl (C=O) groups excluding carboxylic acids is 1. The lowest BCUT2D eigenvalue weighted by atomic mass is 10.3. The van der Waals surface area contributed by atoms with Crippen molar-refractivity contribution in [3.05, 3.63) is 24.5 Å². The van der Waals surface area contributed by atoms with Crippen molar-refractivity contribution in [3.63, 3.8) is 0 Å². The number of hydrogen-bond donors (Lipinski definition) is 0. The van der Waals surface area contributed by atoms with E-state index in [2.05, 4.69) is 4.98 Å². The zero-order valence-corrected chi connectivity index (χ0v) is 9.30. The van der Waals surface area contributed by atoms with Crippen molar-refractivity contribution in [3.8, 4) is 0 Å². The van der Waals surface area contributed by atoms with E-state index in [1.165, 1.54) is 0 Å². The summed E-state index contributed by atoms with van der Waals surface area (Å²) in [6.45, 7) is 3.91. The molecule has 4 heteroatoms. The van der Waals surface area contributed by atoms with Gasteiger partial charge in [0.2, 0.25) is 0 Å². The third-order valence-corrected chi connectivity index (χ3v) is 1.96. The largest absolute Gasteiger partial charge is 0.369 e. The molecular formula is C11H16N2O2. The molecular weight excluding hydrogens is 192 g/mol. The van der Waals surface area contributed by atoms with E-state index >= 15 is 0 Å². The molecule has 0 aliphatic heterocycles. The molecule has 1 rings (SSSR count). The molecule has 0 N–H and O–H groups in total. The van der Waals surface area contributed by atoms with Crippen LogP contribution in [0.2, 0.25) is 0 Å². The SMILES string of the molecule is CC(C)OCC(=O)N(C)c1ccncc1. The van der Waals surface area contributed by atoms with Crippen molar-refractivity contribution in [2.24, 2.45) is 0 Å². The van der Waals surface area contributed by atoms with Gasteiger partial charge in [0.15, 0.2) is 0 Å². The van der Waals surface area contributed by atoms with Gasteiger partial charge in [-0.3, -0.25) is 9.78 Å². The first-order valence-corrected chi connectivity index (χ1v) is 4.89. The molecule has 0 atom stereocenters. The normalized spacial score (nSPS) is 10.4. The highest BCUT2D eigenvalue weighted by molar-refractivity contribution is 5.93. The molecule has 0 aromatic carbocycles. The maximum absolute atomic E-state index is 11.6. The summed E-state index contributed by atoms with van der Waals surface area (Å²) in [5, 5.41) is 0. The van der Waals surface area contributed by atoms with Crippen LogP contribution >= 0.6 is 0 Å². The van der Waals surface area contributed by atoms with Gasteiger partial charge in [-0.1, -0.05) is 0 Å². The Morgan fingerprint density at radius 3 is 2.60 bits per heavy atom. The number of amides is 1. The molecule has 1 aromatic rings. The average Bonchev–Trinajstić information content (AvgIpc) is 2.26. The van der Waals surface area contributed by atoms with E-state index in [9.17, 15) is 4.79 Å². The third-order valence-electron chi connectivity index (χ3n) is 1.96. The Kier molecular flexibility index (Phi) is 4.24. The quantitative estimate of drug-likeness (QED) is 0.752. The van der Waals surface area contributed by atoms with Crippen molar-refractivity contribution in [1.82, 2.24) is 4.98 Å². The van der Waals surface area contributed by atoms with Crippen LogP contribution in [0.5, 0.6) is 0 Å². The van der Waals surface area contributed by atoms with Crippen LogP contribution in [-0.4, -0.2) is 30.6 Å². The summed E-state index contributed by atoms with van der Waals surface area (Å²) >= 11 is 0. The topological polar surface area (TPSA) is 42.4 Å². The van der Waals surface area contributed by atoms with Crippen molar-refractivity contribution < 1.29 is 9.53 Å². The van der Waals surface area contributed by atoms with Gasteiger partial charge in [-0.05, 0) is 26.0 Å². The van der Waals surface area contributed by atoms with Crippen molar-refractivity contribution in [1.29, 1.82) is 0 Å². The number of rotatable bonds is 4. The number of anilines is 1. The van der Waals surface area contributed by atoms with E-state index in [1.807, 2.05) is 13.8 Å². The summed E-state index contributed by atoms with van der Waals surface area (Å²) in [7, 11) is 1.72. The molecule has 0 spiro atoms. The van der Waals surface area contributed by atoms with Crippen LogP contribution in [0.15, 0.2) is 24.5 Å². The van der Waals surface area contributed by atoms with E-state index in [0.717, 1.165) is 5.69 Å². The fraction of sp³-hybridized carbons (Fsp3) is 0.455. The molecule has 82 valence electrons. The van der Waals surface area contributed by atoms with Gasteiger partial charge in [0, 0.05) is 25.1 Å². The van der Waals surface area contributed by atoms with Gasteiger partial charge in [-0.25, -0.2) is 0 Å². The first-order chi connectivity index (χ1) is 7.11. The summed E-state index contributed by atoms with van der Waals surface area (Å²) in [6.07, 6.45) is 3.38. The van der Waals surface area contributed by atoms with Crippen molar-refractivity contribution in [2.75, 3.05) is 18.6 Å². The van der Waals surface area contributed by atoms with Crippen LogP contribution < -0.4 is 4.90 Å². The van der Waals surface area contributed by atoms with Crippen molar-refractivity contribution in [2.45, 2.75) is 20.0 Å². The monoisotopic (exact) mass is 208 g/mol. The zero-order chi connectivity index (χ0) is 11.3. The molecule has 0 radical (unpaired) electrons. The summed E-state index contributed by atoms with van der Waals surface area (Å²) < 4.78 is 5.24. The second-order valence-corrected chi connectivity index (χ2v) is 3.52. The van der Waals surface area contributed by atoms with Crippen LogP contribution in [0.3, 0.4) is 0 Å². The number of aromatic nitrogens is 1. The molecule has 0 unspecified atom stereocenters. The van der Waals surface area contributed by atoms with Gasteiger partial charge in [0.05, 0.1) is 6.10 Å². The molecule has 0 aliphatic carbocycles. The Labute approximate surface area is 89.9 Å². The van der Waals surface area contributed by atoms with E-state index in [0.29, 0.717) is 0 Å². The van der Waals surface area contributed by atoms with Gasteiger partial charge < -0.3 is 9.64 Å². The molecule has 0 saturated carbocycles. The molecule has 1 heterocycles. The minimum atomic E-state index is -0.0603. The number of hydrogen-bond acceptors (Lipinski definition) is 3. The van der Waals surface area contributed by atoms with Gasteiger partial charge >= 0.3 is 0 Å². The molecule has 0 saturated heterocycles. The Hall–Kier alpha value is -1.42. The Morgan fingerprint density at radius 2 is 2.07 bits per heavy atom. The molecule has 15 heavy (non-hydrogen) atoms. The van der Waals surface area contributed by atoms with Gasteiger partial charge in [0.1, 0.15) is 6.61 Å². The summed E-state index contributed by atoms with van der Waals surface area (Å²) in [4.78, 5) is 17.1. The van der Waals surface area contributed by atoms with Crippen molar-refractivity contribution >= 4 is 11.6 Å². The number of nitrogens with zero attached hydrogens (tertiary/aromatic N) is 2. The summed E-state index contributed by atoms with van der Waals surface area (Å²) in [6, 6.07) is 3.57. The van der Waals surface area contributed by atoms with E-state index < -0.39 is 0 Å². The van der Waals surface area contributed by atoms with Gasteiger partial charge in [-0.2, -0.15) is 0 Å². The highest BCUT2D eigenvalue weighted by Gasteiger charge is 2.10. The maximum Gasteiger partial charge on any atom is 0.252 e. The molecule has 1 amide bonds. The highest BCUT2D eigenvalue weighted by atomic mass is 16.5. The fourth-order valence-electron chi connectivity index (χ4n) is 1.05. The lowest BCUT2D eigenvalue weighted by molar-refractivity contribution is -0.124. The van der Waals surface area contributed by atoms with E-state index in [4.69, 9.17) is 4.74 Å². The zero-order valence-electron chi connectivity index (χ0n) is 9.30. The predicted octanol–water partition coefficient (Wildman–Crippen LogP) is 1.47. The lowest BCUT2D eigenvalue weighted by Crippen LogP contribution is -2.31. The summed E-state index contributed by atoms with van der Waals surface area (Å²) in [5.74, 6) is -0.0603. The van der Waals surface area contributed by atoms with Gasteiger partial charge in [-0.15, -0.1) is 0 Å². The molecule has 4 nitrogen and oxygen atoms in total. The summed E-state index contributed by atoms with van der Waals surface area (Å²) in [5.41, 5.74) is 0.822. The van der Waals surface area contributed by atoms with E-state index in [1.54, 1.807) is 36.5 Å². The second kappa shape index (κ2) is 5.46. The fourth-order valence-corrected chi connectivity index (χ4v) is 1.05. The minimum absolute atomic E-state index is 0.0603. The maximum atomic E-state index is 11.6. The lowest BCUT2D eigenvalue weighted by Gasteiger charge is -2.17. The molecule has 1 aromatic heterocycles. The van der Waals surface area contributed by atoms with Crippen LogP contribution in [0.1, 0.15) is 13.8 Å². The first-order valence-electron chi connectivity index (χ1n) is 4.89. The minimum Gasteiger partial charge on any atom is -0.369 e. The number of likely N-dealkylation sites (N-methyl/N-ethyl adjacent to an activating group) is 1. The molecule has 0 fully saturated rings. The second-order valence-electron chi connectivity index (χ2n) is 3.52. The van der Waals surface area contributed by atoms with Crippen LogP contribution in [0.4, 0.5) is 5.69 Å². The average molecular weight is 208 g/mol. The molecule has 0 aliphatic rings. The Morgan fingerprint density at radius 1 is 1.47 bits per heavy atom. The first kappa shape index (κ1) is 11.7. The Bertz CT molecular complexity index is 312. The standard InChI is InChI=1S/C11H16N2O2/c1-9(2)15-8-11(14)13(3)10-4-6-12-7-5-10/h4-7,9H,8H2,1-3H3. The number of pyridine rings is 1. The smallest absolute Gasteiger partial charge is 0.252 e. The van der Waals surface area contributed by atoms with Gasteiger partial charge in [0.25, 0.3) is 5.91 Å². The van der Waals surface area contributed by atoms with Crippen LogP contribution in [-0.2, 0) is 9.53 Å². The third kappa shape index (κ3) is 3.67. The number of ether oxygens (including phenoxy) is 1.